The Balaban J connectivity index is 1.74. The molecule has 5 nitrogen and oxygen atoms in total. The predicted octanol–water partition coefficient (Wildman–Crippen LogP) is 2.06. The fraction of sp³-hybridized carbons (Fsp3) is 0.556. The summed E-state index contributed by atoms with van der Waals surface area (Å²) in [5.41, 5.74) is 6.40. The monoisotopic (exact) mass is 335 g/mol. The lowest BCUT2D eigenvalue weighted by Crippen LogP contribution is -2.51. The molecule has 0 saturated carbocycles. The SMILES string of the molecule is CC(N)C1CCCCN1C(=O)CCCNC(=O)c1ccc(F)cc1. The van der Waals surface area contributed by atoms with E-state index >= 15 is 0 Å². The van der Waals surface area contributed by atoms with Crippen LogP contribution in [0.5, 0.6) is 0 Å². The molecule has 24 heavy (non-hydrogen) atoms. The fourth-order valence-electron chi connectivity index (χ4n) is 3.10. The van der Waals surface area contributed by atoms with Gasteiger partial charge in [-0.05, 0) is 56.9 Å². The number of benzene rings is 1. The summed E-state index contributed by atoms with van der Waals surface area (Å²) in [6.07, 6.45) is 4.07. The molecule has 0 aliphatic carbocycles. The van der Waals surface area contributed by atoms with Gasteiger partial charge in [-0.1, -0.05) is 0 Å². The second-order valence-electron chi connectivity index (χ2n) is 6.38. The highest BCUT2D eigenvalue weighted by Gasteiger charge is 2.28. The van der Waals surface area contributed by atoms with Gasteiger partial charge in [-0.15, -0.1) is 0 Å². The molecule has 1 aliphatic rings. The minimum atomic E-state index is -0.373. The Labute approximate surface area is 142 Å². The summed E-state index contributed by atoms with van der Waals surface area (Å²) in [4.78, 5) is 26.2. The van der Waals surface area contributed by atoms with E-state index in [1.807, 2.05) is 11.8 Å². The van der Waals surface area contributed by atoms with Crippen LogP contribution in [-0.2, 0) is 4.79 Å². The molecule has 2 amide bonds. The first-order chi connectivity index (χ1) is 11.5. The number of nitrogens with two attached hydrogens (primary N) is 1. The van der Waals surface area contributed by atoms with Crippen molar-refractivity contribution in [3.05, 3.63) is 35.6 Å². The van der Waals surface area contributed by atoms with Crippen LogP contribution in [-0.4, -0.2) is 41.9 Å². The van der Waals surface area contributed by atoms with Crippen LogP contribution in [0.1, 0.15) is 49.4 Å². The standard InChI is InChI=1S/C18H26FN3O2/c1-13(20)16-5-2-3-12-22(16)17(23)6-4-11-21-18(24)14-7-9-15(19)10-8-14/h7-10,13,16H,2-6,11-12,20H2,1H3,(H,21,24). The van der Waals surface area contributed by atoms with Crippen molar-refractivity contribution >= 4 is 11.8 Å². The molecule has 3 N–H and O–H groups in total. The highest BCUT2D eigenvalue weighted by molar-refractivity contribution is 5.94. The molecule has 0 aromatic heterocycles. The third kappa shape index (κ3) is 5.03. The second kappa shape index (κ2) is 8.78. The molecule has 2 rings (SSSR count). The van der Waals surface area contributed by atoms with Gasteiger partial charge in [0, 0.05) is 37.2 Å². The lowest BCUT2D eigenvalue weighted by Gasteiger charge is -2.38. The molecule has 2 atom stereocenters. The number of carbonyl (C=O) groups is 2. The molecule has 6 heteroatoms. The molecule has 1 fully saturated rings. The van der Waals surface area contributed by atoms with Gasteiger partial charge in [0.15, 0.2) is 0 Å². The van der Waals surface area contributed by atoms with Crippen LogP contribution >= 0.6 is 0 Å². The Kier molecular flexibility index (Phi) is 6.73. The van der Waals surface area contributed by atoms with E-state index in [-0.39, 0.29) is 29.7 Å². The van der Waals surface area contributed by atoms with E-state index in [9.17, 15) is 14.0 Å². The van der Waals surface area contributed by atoms with E-state index in [1.165, 1.54) is 24.3 Å². The summed E-state index contributed by atoms with van der Waals surface area (Å²) < 4.78 is 12.8. The third-order valence-corrected chi connectivity index (χ3v) is 4.44. The number of nitrogens with one attached hydrogen (secondary N) is 1. The minimum Gasteiger partial charge on any atom is -0.352 e. The van der Waals surface area contributed by atoms with E-state index < -0.39 is 0 Å². The number of amides is 2. The number of likely N-dealkylation sites (tertiary alicyclic amines) is 1. The molecule has 0 radical (unpaired) electrons. The number of halogens is 1. The molecule has 1 saturated heterocycles. The molecule has 1 aliphatic heterocycles. The molecule has 0 spiro atoms. The van der Waals surface area contributed by atoms with Crippen LogP contribution < -0.4 is 11.1 Å². The summed E-state index contributed by atoms with van der Waals surface area (Å²) in [5, 5.41) is 2.75. The van der Waals surface area contributed by atoms with Crippen molar-refractivity contribution in [1.82, 2.24) is 10.2 Å². The van der Waals surface area contributed by atoms with Gasteiger partial charge >= 0.3 is 0 Å². The molecule has 1 aromatic carbocycles. The van der Waals surface area contributed by atoms with Crippen molar-refractivity contribution in [2.24, 2.45) is 5.73 Å². The topological polar surface area (TPSA) is 75.4 Å². The highest BCUT2D eigenvalue weighted by Crippen LogP contribution is 2.20. The quantitative estimate of drug-likeness (QED) is 0.782. The van der Waals surface area contributed by atoms with Crippen molar-refractivity contribution in [3.8, 4) is 0 Å². The van der Waals surface area contributed by atoms with E-state index in [2.05, 4.69) is 5.32 Å². The van der Waals surface area contributed by atoms with Crippen LogP contribution in [0.15, 0.2) is 24.3 Å². The van der Waals surface area contributed by atoms with E-state index in [0.717, 1.165) is 25.8 Å². The summed E-state index contributed by atoms with van der Waals surface area (Å²) in [7, 11) is 0. The van der Waals surface area contributed by atoms with Gasteiger partial charge in [-0.3, -0.25) is 9.59 Å². The van der Waals surface area contributed by atoms with Crippen molar-refractivity contribution in [2.45, 2.75) is 51.1 Å². The van der Waals surface area contributed by atoms with Crippen molar-refractivity contribution in [2.75, 3.05) is 13.1 Å². The van der Waals surface area contributed by atoms with Gasteiger partial charge in [-0.25, -0.2) is 4.39 Å². The maximum Gasteiger partial charge on any atom is 0.251 e. The highest BCUT2D eigenvalue weighted by atomic mass is 19.1. The smallest absolute Gasteiger partial charge is 0.251 e. The third-order valence-electron chi connectivity index (χ3n) is 4.44. The van der Waals surface area contributed by atoms with Crippen LogP contribution in [0.25, 0.3) is 0 Å². The molecule has 0 bridgehead atoms. The number of rotatable bonds is 6. The minimum absolute atomic E-state index is 0.0209. The Morgan fingerprint density at radius 2 is 2.04 bits per heavy atom. The van der Waals surface area contributed by atoms with Crippen LogP contribution in [0.4, 0.5) is 4.39 Å². The summed E-state index contributed by atoms with van der Waals surface area (Å²) in [6, 6.07) is 5.49. The van der Waals surface area contributed by atoms with E-state index in [0.29, 0.717) is 24.9 Å². The first kappa shape index (κ1) is 18.4. The van der Waals surface area contributed by atoms with Crippen molar-refractivity contribution in [1.29, 1.82) is 0 Å². The first-order valence-electron chi connectivity index (χ1n) is 8.58. The normalized spacial score (nSPS) is 19.0. The summed E-state index contributed by atoms with van der Waals surface area (Å²) in [5.74, 6) is -0.524. The molecule has 132 valence electrons. The lowest BCUT2D eigenvalue weighted by molar-refractivity contribution is -0.135. The zero-order chi connectivity index (χ0) is 17.5. The molecular formula is C18H26FN3O2. The van der Waals surface area contributed by atoms with E-state index in [1.54, 1.807) is 0 Å². The Morgan fingerprint density at radius 3 is 2.71 bits per heavy atom. The summed E-state index contributed by atoms with van der Waals surface area (Å²) in [6.45, 7) is 3.13. The average Bonchev–Trinajstić information content (AvgIpc) is 2.58. The zero-order valence-electron chi connectivity index (χ0n) is 14.1. The lowest BCUT2D eigenvalue weighted by atomic mass is 9.96. The van der Waals surface area contributed by atoms with Gasteiger partial charge in [0.1, 0.15) is 5.82 Å². The summed E-state index contributed by atoms with van der Waals surface area (Å²) >= 11 is 0. The maximum absolute atomic E-state index is 12.8. The van der Waals surface area contributed by atoms with Crippen LogP contribution in [0, 0.1) is 5.82 Å². The average molecular weight is 335 g/mol. The molecule has 2 unspecified atom stereocenters. The largest absolute Gasteiger partial charge is 0.352 e. The Hall–Kier alpha value is -1.95. The van der Waals surface area contributed by atoms with Gasteiger partial charge in [-0.2, -0.15) is 0 Å². The number of nitrogens with zero attached hydrogens (tertiary/aromatic N) is 1. The van der Waals surface area contributed by atoms with E-state index in [4.69, 9.17) is 5.73 Å². The predicted molar refractivity (Wildman–Crippen MR) is 91.0 cm³/mol. The Morgan fingerprint density at radius 1 is 1.33 bits per heavy atom. The van der Waals surface area contributed by atoms with Gasteiger partial charge in [0.2, 0.25) is 5.91 Å². The molecular weight excluding hydrogens is 309 g/mol. The number of carbonyl (C=O) groups excluding carboxylic acids is 2. The number of hydrogen-bond donors (Lipinski definition) is 2. The zero-order valence-corrected chi connectivity index (χ0v) is 14.1. The van der Waals surface area contributed by atoms with Gasteiger partial charge in [0.25, 0.3) is 5.91 Å². The van der Waals surface area contributed by atoms with Crippen molar-refractivity contribution in [3.63, 3.8) is 0 Å². The van der Waals surface area contributed by atoms with Crippen LogP contribution in [0.3, 0.4) is 0 Å². The number of piperidine rings is 1. The van der Waals surface area contributed by atoms with Crippen molar-refractivity contribution < 1.29 is 14.0 Å². The first-order valence-corrected chi connectivity index (χ1v) is 8.58. The van der Waals surface area contributed by atoms with Crippen LogP contribution in [0.2, 0.25) is 0 Å². The Bertz CT molecular complexity index is 560. The molecule has 1 aromatic rings. The second-order valence-corrected chi connectivity index (χ2v) is 6.38. The maximum atomic E-state index is 12.8. The molecule has 1 heterocycles. The number of hydrogen-bond acceptors (Lipinski definition) is 3. The fourth-order valence-corrected chi connectivity index (χ4v) is 3.10. The van der Waals surface area contributed by atoms with Gasteiger partial charge in [0.05, 0.1) is 0 Å². The van der Waals surface area contributed by atoms with Gasteiger partial charge < -0.3 is 16.0 Å².